The van der Waals surface area contributed by atoms with Gasteiger partial charge < -0.3 is 10.5 Å². The van der Waals surface area contributed by atoms with Gasteiger partial charge in [-0.3, -0.25) is 4.79 Å². The van der Waals surface area contributed by atoms with E-state index in [4.69, 9.17) is 15.5 Å². The molecule has 1 atom stereocenters. The number of rotatable bonds is 6. The van der Waals surface area contributed by atoms with Crippen LogP contribution in [-0.2, 0) is 16.0 Å². The fraction of sp³-hybridized carbons (Fsp3) is 0.115. The zero-order valence-electron chi connectivity index (χ0n) is 17.2. The number of aromatic nitrogens is 2. The summed E-state index contributed by atoms with van der Waals surface area (Å²) in [6, 6.07) is 29.1. The molecule has 0 saturated heterocycles. The molecule has 31 heavy (non-hydrogen) atoms. The first-order valence-electron chi connectivity index (χ1n) is 10.1. The quantitative estimate of drug-likeness (QED) is 0.459. The molecule has 0 spiro atoms. The number of methoxy groups -OCH3 is 1. The molecule has 0 fully saturated rings. The number of nitrogens with two attached hydrogens (primary N) is 1. The Balaban J connectivity index is 1.85. The number of carbonyl (C=O) groups excluding carboxylic acids is 1. The summed E-state index contributed by atoms with van der Waals surface area (Å²) in [4.78, 5) is 22.1. The van der Waals surface area contributed by atoms with Gasteiger partial charge >= 0.3 is 5.97 Å². The molecule has 2 N–H and O–H groups in total. The molecule has 3 aromatic carbocycles. The first kappa shape index (κ1) is 20.3. The van der Waals surface area contributed by atoms with Gasteiger partial charge in [0.25, 0.3) is 0 Å². The molecule has 0 aliphatic carbocycles. The van der Waals surface area contributed by atoms with Gasteiger partial charge in [0.2, 0.25) is 0 Å². The molecular formula is C26H23N3O2. The summed E-state index contributed by atoms with van der Waals surface area (Å²) >= 11 is 0. The molecule has 1 heterocycles. The van der Waals surface area contributed by atoms with Crippen LogP contribution in [0.2, 0.25) is 0 Å². The predicted octanol–water partition coefficient (Wildman–Crippen LogP) is 4.89. The molecule has 154 valence electrons. The maximum Gasteiger partial charge on any atom is 0.313 e. The number of nitrogens with zero attached hydrogens (tertiary/aromatic N) is 2. The van der Waals surface area contributed by atoms with Gasteiger partial charge in [0.1, 0.15) is 5.82 Å². The van der Waals surface area contributed by atoms with Crippen LogP contribution >= 0.6 is 0 Å². The summed E-state index contributed by atoms with van der Waals surface area (Å²) in [5.41, 5.74) is 10.6. The lowest BCUT2D eigenvalue weighted by Gasteiger charge is -2.19. The van der Waals surface area contributed by atoms with Crippen molar-refractivity contribution in [3.8, 4) is 22.6 Å². The van der Waals surface area contributed by atoms with E-state index in [1.807, 2.05) is 91.0 Å². The lowest BCUT2D eigenvalue weighted by atomic mass is 9.90. The van der Waals surface area contributed by atoms with Gasteiger partial charge in [-0.2, -0.15) is 0 Å². The van der Waals surface area contributed by atoms with Gasteiger partial charge in [-0.1, -0.05) is 91.0 Å². The normalized spacial score (nSPS) is 11.6. The van der Waals surface area contributed by atoms with E-state index in [0.717, 1.165) is 27.9 Å². The molecule has 0 bridgehead atoms. The van der Waals surface area contributed by atoms with E-state index >= 15 is 0 Å². The second kappa shape index (κ2) is 9.22. The predicted molar refractivity (Wildman–Crippen MR) is 122 cm³/mol. The van der Waals surface area contributed by atoms with Crippen LogP contribution in [0.15, 0.2) is 91.0 Å². The Hall–Kier alpha value is -3.99. The maximum atomic E-state index is 12.7. The van der Waals surface area contributed by atoms with Crippen molar-refractivity contribution in [3.63, 3.8) is 0 Å². The van der Waals surface area contributed by atoms with E-state index in [9.17, 15) is 4.79 Å². The van der Waals surface area contributed by atoms with Gasteiger partial charge in [-0.25, -0.2) is 9.97 Å². The Morgan fingerprint density at radius 3 is 1.97 bits per heavy atom. The summed E-state index contributed by atoms with van der Waals surface area (Å²) in [6.45, 7) is 0. The Bertz CT molecular complexity index is 1160. The largest absolute Gasteiger partial charge is 0.469 e. The molecule has 1 aromatic heterocycles. The van der Waals surface area contributed by atoms with Gasteiger partial charge in [0, 0.05) is 16.7 Å². The highest BCUT2D eigenvalue weighted by Gasteiger charge is 2.26. The van der Waals surface area contributed by atoms with Crippen molar-refractivity contribution >= 4 is 11.8 Å². The van der Waals surface area contributed by atoms with E-state index in [2.05, 4.69) is 4.98 Å². The van der Waals surface area contributed by atoms with Crippen molar-refractivity contribution in [2.45, 2.75) is 12.3 Å². The second-order valence-electron chi connectivity index (χ2n) is 7.18. The molecule has 0 saturated carbocycles. The van der Waals surface area contributed by atoms with E-state index < -0.39 is 5.92 Å². The van der Waals surface area contributed by atoms with Crippen molar-refractivity contribution in [2.75, 3.05) is 12.8 Å². The van der Waals surface area contributed by atoms with Gasteiger partial charge in [-0.15, -0.1) is 0 Å². The maximum absolute atomic E-state index is 12.7. The second-order valence-corrected chi connectivity index (χ2v) is 7.18. The number of ether oxygens (including phenoxy) is 1. The molecule has 1 unspecified atom stereocenters. The average molecular weight is 409 g/mol. The third-order valence-electron chi connectivity index (χ3n) is 5.21. The first-order valence-corrected chi connectivity index (χ1v) is 10.1. The van der Waals surface area contributed by atoms with Crippen LogP contribution in [-0.4, -0.2) is 23.0 Å². The fourth-order valence-corrected chi connectivity index (χ4v) is 3.62. The van der Waals surface area contributed by atoms with Crippen LogP contribution < -0.4 is 5.73 Å². The number of hydrogen-bond donors (Lipinski definition) is 1. The van der Waals surface area contributed by atoms with E-state index in [1.165, 1.54) is 7.11 Å². The standard InChI is InChI=1S/C26H23N3O2/c1-31-26(30)21(18-11-5-2-6-12-18)17-22-23(19-13-7-3-8-14-19)28-25(29-24(22)27)20-15-9-4-10-16-20/h2-16,21H,17H2,1H3,(H2,27,28,29). The molecule has 0 aliphatic heterocycles. The summed E-state index contributed by atoms with van der Waals surface area (Å²) in [7, 11) is 1.40. The molecule has 4 aromatic rings. The van der Waals surface area contributed by atoms with Crippen LogP contribution in [0.3, 0.4) is 0 Å². The van der Waals surface area contributed by atoms with Crippen molar-refractivity contribution in [1.29, 1.82) is 0 Å². The third kappa shape index (κ3) is 4.46. The topological polar surface area (TPSA) is 78.1 Å². The molecule has 0 aliphatic rings. The van der Waals surface area contributed by atoms with Gasteiger partial charge in [0.15, 0.2) is 5.82 Å². The molecule has 5 heteroatoms. The number of hydrogen-bond acceptors (Lipinski definition) is 5. The van der Waals surface area contributed by atoms with E-state index in [-0.39, 0.29) is 5.97 Å². The minimum atomic E-state index is -0.512. The number of anilines is 1. The number of esters is 1. The van der Waals surface area contributed by atoms with Gasteiger partial charge in [-0.05, 0) is 12.0 Å². The number of nitrogen functional groups attached to an aromatic ring is 1. The van der Waals surface area contributed by atoms with Crippen molar-refractivity contribution in [1.82, 2.24) is 9.97 Å². The molecule has 0 amide bonds. The molecule has 0 radical (unpaired) electrons. The van der Waals surface area contributed by atoms with Crippen LogP contribution in [0.5, 0.6) is 0 Å². The minimum absolute atomic E-state index is 0.322. The SMILES string of the molecule is COC(=O)C(Cc1c(N)nc(-c2ccccc2)nc1-c1ccccc1)c1ccccc1. The Kier molecular flexibility index (Phi) is 6.03. The zero-order valence-corrected chi connectivity index (χ0v) is 17.2. The highest BCUT2D eigenvalue weighted by atomic mass is 16.5. The highest BCUT2D eigenvalue weighted by molar-refractivity contribution is 5.80. The van der Waals surface area contributed by atoms with E-state index in [1.54, 1.807) is 0 Å². The fourth-order valence-electron chi connectivity index (χ4n) is 3.62. The smallest absolute Gasteiger partial charge is 0.313 e. The van der Waals surface area contributed by atoms with Crippen molar-refractivity contribution < 1.29 is 9.53 Å². The first-order chi connectivity index (χ1) is 15.2. The Morgan fingerprint density at radius 1 is 0.839 bits per heavy atom. The summed E-state index contributed by atoms with van der Waals surface area (Å²) in [6.07, 6.45) is 0.335. The third-order valence-corrected chi connectivity index (χ3v) is 5.21. The minimum Gasteiger partial charge on any atom is -0.469 e. The lowest BCUT2D eigenvalue weighted by Crippen LogP contribution is -2.19. The molecular weight excluding hydrogens is 386 g/mol. The van der Waals surface area contributed by atoms with Crippen LogP contribution in [0.1, 0.15) is 17.0 Å². The zero-order chi connectivity index (χ0) is 21.6. The highest BCUT2D eigenvalue weighted by Crippen LogP contribution is 2.33. The summed E-state index contributed by atoms with van der Waals surface area (Å²) in [5.74, 6) is 0.0754. The van der Waals surface area contributed by atoms with Crippen LogP contribution in [0, 0.1) is 0 Å². The van der Waals surface area contributed by atoms with Crippen LogP contribution in [0.4, 0.5) is 5.82 Å². The average Bonchev–Trinajstić information content (AvgIpc) is 2.84. The summed E-state index contributed by atoms with van der Waals surface area (Å²) in [5, 5.41) is 0. The number of benzene rings is 3. The Morgan fingerprint density at radius 2 is 1.39 bits per heavy atom. The monoisotopic (exact) mass is 409 g/mol. The van der Waals surface area contributed by atoms with Crippen LogP contribution in [0.25, 0.3) is 22.6 Å². The molecule has 5 nitrogen and oxygen atoms in total. The van der Waals surface area contributed by atoms with Crippen molar-refractivity contribution in [3.05, 3.63) is 102 Å². The lowest BCUT2D eigenvalue weighted by molar-refractivity contribution is -0.142. The van der Waals surface area contributed by atoms with E-state index in [0.29, 0.717) is 18.1 Å². The van der Waals surface area contributed by atoms with Gasteiger partial charge in [0.05, 0.1) is 18.7 Å². The molecule has 4 rings (SSSR count). The Labute approximate surface area is 181 Å². The summed E-state index contributed by atoms with van der Waals surface area (Å²) < 4.78 is 5.10. The van der Waals surface area contributed by atoms with Crippen molar-refractivity contribution in [2.24, 2.45) is 0 Å². The number of carbonyl (C=O) groups is 1.